The fourth-order valence-corrected chi connectivity index (χ4v) is 13.2. The zero-order chi connectivity index (χ0) is 33.4. The molecule has 0 atom stereocenters. The number of nitrogens with zero attached hydrogens (tertiary/aromatic N) is 2. The van der Waals surface area contributed by atoms with Gasteiger partial charge in [0.2, 0.25) is 0 Å². The van der Waals surface area contributed by atoms with Crippen LogP contribution in [-0.2, 0) is 0 Å². The minimum Gasteiger partial charge on any atom is -0.327 e. The van der Waals surface area contributed by atoms with Crippen LogP contribution in [0.4, 0.5) is 0 Å². The molecule has 0 aliphatic heterocycles. The normalized spacial score (nSPS) is 14.0. The van der Waals surface area contributed by atoms with Crippen LogP contribution in [0, 0.1) is 0 Å². The quantitative estimate of drug-likeness (QED) is 0.137. The lowest BCUT2D eigenvalue weighted by Gasteiger charge is -2.24. The van der Waals surface area contributed by atoms with Crippen LogP contribution in [0.15, 0.2) is 146 Å². The first kappa shape index (κ1) is 32.4. The Morgan fingerprint density at radius 1 is 0.780 bits per heavy atom. The highest BCUT2D eigenvalue weighted by Crippen LogP contribution is 2.53. The molecule has 0 spiro atoms. The van der Waals surface area contributed by atoms with E-state index in [1.165, 1.54) is 98.9 Å². The lowest BCUT2D eigenvalue weighted by Crippen LogP contribution is -2.11. The maximum Gasteiger partial charge on any atom is 0.102 e. The maximum absolute atomic E-state index is 5.20. The number of thioether (sulfide) groups is 2. The largest absolute Gasteiger partial charge is 0.327 e. The van der Waals surface area contributed by atoms with Gasteiger partial charge in [0.05, 0.1) is 21.3 Å². The number of thiophene rings is 2. The van der Waals surface area contributed by atoms with E-state index in [1.54, 1.807) is 0 Å². The van der Waals surface area contributed by atoms with E-state index in [1.807, 2.05) is 58.0 Å². The summed E-state index contributed by atoms with van der Waals surface area (Å²) in [5.41, 5.74) is 7.65. The Hall–Kier alpha value is -3.46. The standard InChI is InChI=1S/C43H36N2S5/c1-46-43-42(48-33-20-12-5-13-21-33)34-24-30-22-23-47-40(30)37(41(34)50-43)31-25-35-38(44-27-45(35)32-18-10-4-11-19-32)36(26-31)49-39(28-14-6-2-7-15-28)29-16-8-3-9-17-29/h2-3,5-9,12-17,20-27,32,39H,4,10-11,18-19H2,1H3. The molecule has 2 nitrogen and oxygen atoms in total. The first-order valence-electron chi connectivity index (χ1n) is 17.3. The molecular formula is C43H36N2S5. The molecule has 0 radical (unpaired) electrons. The molecule has 50 heavy (non-hydrogen) atoms. The van der Waals surface area contributed by atoms with Crippen LogP contribution in [0.25, 0.3) is 42.3 Å². The predicted octanol–water partition coefficient (Wildman–Crippen LogP) is 14.4. The molecule has 3 aromatic heterocycles. The summed E-state index contributed by atoms with van der Waals surface area (Å²) in [7, 11) is 0. The molecule has 1 fully saturated rings. The summed E-state index contributed by atoms with van der Waals surface area (Å²) in [6.45, 7) is 0. The van der Waals surface area contributed by atoms with E-state index in [2.05, 4.69) is 138 Å². The fraction of sp³-hybridized carbons (Fsp3) is 0.186. The van der Waals surface area contributed by atoms with Crippen molar-refractivity contribution in [2.24, 2.45) is 0 Å². The van der Waals surface area contributed by atoms with Crippen LogP contribution in [0.2, 0.25) is 0 Å². The Morgan fingerprint density at radius 3 is 2.18 bits per heavy atom. The summed E-state index contributed by atoms with van der Waals surface area (Å²) >= 11 is 9.53. The van der Waals surface area contributed by atoms with Crippen molar-refractivity contribution in [3.8, 4) is 11.1 Å². The van der Waals surface area contributed by atoms with Gasteiger partial charge in [-0.2, -0.15) is 0 Å². The minimum atomic E-state index is 0.145. The molecule has 8 aromatic rings. The molecule has 0 amide bonds. The van der Waals surface area contributed by atoms with Gasteiger partial charge in [-0.3, -0.25) is 0 Å². The van der Waals surface area contributed by atoms with E-state index < -0.39 is 0 Å². The van der Waals surface area contributed by atoms with E-state index in [0.717, 1.165) is 5.52 Å². The third kappa shape index (κ3) is 6.11. The van der Waals surface area contributed by atoms with Gasteiger partial charge in [0.15, 0.2) is 0 Å². The van der Waals surface area contributed by atoms with Crippen molar-refractivity contribution in [3.05, 3.63) is 138 Å². The molecule has 0 unspecified atom stereocenters. The minimum absolute atomic E-state index is 0.145. The molecule has 9 rings (SSSR count). The number of hydrogen-bond donors (Lipinski definition) is 0. The Balaban J connectivity index is 1.28. The summed E-state index contributed by atoms with van der Waals surface area (Å²) in [5, 5.41) is 5.08. The number of imidazole rings is 1. The smallest absolute Gasteiger partial charge is 0.102 e. The Bertz CT molecular complexity index is 2370. The van der Waals surface area contributed by atoms with Crippen molar-refractivity contribution in [1.82, 2.24) is 9.55 Å². The zero-order valence-corrected chi connectivity index (χ0v) is 31.8. The number of hydrogen-bond acceptors (Lipinski definition) is 6. The molecule has 1 saturated carbocycles. The third-order valence-electron chi connectivity index (χ3n) is 9.82. The molecule has 7 heteroatoms. The van der Waals surface area contributed by atoms with Crippen molar-refractivity contribution < 1.29 is 0 Å². The number of fused-ring (bicyclic) bond motifs is 3. The van der Waals surface area contributed by atoms with Gasteiger partial charge in [0.1, 0.15) is 5.52 Å². The lowest BCUT2D eigenvalue weighted by atomic mass is 9.95. The van der Waals surface area contributed by atoms with Crippen LogP contribution in [0.5, 0.6) is 0 Å². The van der Waals surface area contributed by atoms with Gasteiger partial charge in [-0.25, -0.2) is 4.98 Å². The van der Waals surface area contributed by atoms with Gasteiger partial charge < -0.3 is 4.57 Å². The van der Waals surface area contributed by atoms with Gasteiger partial charge in [0, 0.05) is 41.1 Å². The maximum atomic E-state index is 5.20. The van der Waals surface area contributed by atoms with Crippen LogP contribution < -0.4 is 0 Å². The summed E-state index contributed by atoms with van der Waals surface area (Å²) in [4.78, 5) is 9.09. The molecule has 0 bridgehead atoms. The fourth-order valence-electron chi connectivity index (χ4n) is 7.42. The van der Waals surface area contributed by atoms with Crippen LogP contribution >= 0.6 is 58.0 Å². The summed E-state index contributed by atoms with van der Waals surface area (Å²) in [5.74, 6) is 0. The first-order valence-corrected chi connectivity index (χ1v) is 21.9. The second-order valence-electron chi connectivity index (χ2n) is 12.9. The van der Waals surface area contributed by atoms with Crippen LogP contribution in [-0.4, -0.2) is 15.8 Å². The summed E-state index contributed by atoms with van der Waals surface area (Å²) in [6.07, 6.45) is 10.7. The average Bonchev–Trinajstić information content (AvgIpc) is 3.92. The summed E-state index contributed by atoms with van der Waals surface area (Å²) in [6, 6.07) is 42.9. The van der Waals surface area contributed by atoms with Crippen molar-refractivity contribution >= 4 is 89.2 Å². The Kier molecular flexibility index (Phi) is 9.27. The van der Waals surface area contributed by atoms with E-state index in [9.17, 15) is 0 Å². The van der Waals surface area contributed by atoms with Crippen molar-refractivity contribution in [3.63, 3.8) is 0 Å². The molecular weight excluding hydrogens is 705 g/mol. The molecule has 3 heterocycles. The molecule has 1 aliphatic rings. The number of aromatic nitrogens is 2. The highest BCUT2D eigenvalue weighted by molar-refractivity contribution is 8.03. The zero-order valence-electron chi connectivity index (χ0n) is 27.8. The van der Waals surface area contributed by atoms with Crippen molar-refractivity contribution in [1.29, 1.82) is 0 Å². The van der Waals surface area contributed by atoms with E-state index >= 15 is 0 Å². The second-order valence-corrected chi connectivity index (χ2v) is 18.2. The third-order valence-corrected chi connectivity index (χ3v) is 15.8. The highest BCUT2D eigenvalue weighted by atomic mass is 32.2. The SMILES string of the molecule is CSc1sc2c(-c3cc(SC(c4ccccc4)c4ccccc4)c4ncn(C5CCCCC5)c4c3)c3sccc3cc2c1Sc1ccccc1. The van der Waals surface area contributed by atoms with Crippen LogP contribution in [0.3, 0.4) is 0 Å². The summed E-state index contributed by atoms with van der Waals surface area (Å²) < 4.78 is 6.64. The first-order chi connectivity index (χ1) is 24.7. The van der Waals surface area contributed by atoms with E-state index in [-0.39, 0.29) is 5.25 Å². The Morgan fingerprint density at radius 2 is 1.48 bits per heavy atom. The monoisotopic (exact) mass is 740 g/mol. The predicted molar refractivity (Wildman–Crippen MR) is 221 cm³/mol. The lowest BCUT2D eigenvalue weighted by molar-refractivity contribution is 0.359. The molecule has 0 saturated heterocycles. The van der Waals surface area contributed by atoms with Gasteiger partial charge in [-0.05, 0) is 83.0 Å². The molecule has 248 valence electrons. The molecule has 5 aromatic carbocycles. The van der Waals surface area contributed by atoms with Crippen LogP contribution in [0.1, 0.15) is 54.5 Å². The Labute approximate surface area is 314 Å². The van der Waals surface area contributed by atoms with Crippen molar-refractivity contribution in [2.75, 3.05) is 6.26 Å². The highest BCUT2D eigenvalue weighted by Gasteiger charge is 2.25. The van der Waals surface area contributed by atoms with Gasteiger partial charge >= 0.3 is 0 Å². The average molecular weight is 741 g/mol. The van der Waals surface area contributed by atoms with Gasteiger partial charge in [0.25, 0.3) is 0 Å². The number of benzene rings is 5. The molecule has 1 aliphatic carbocycles. The topological polar surface area (TPSA) is 17.8 Å². The molecule has 0 N–H and O–H groups in total. The van der Waals surface area contributed by atoms with E-state index in [4.69, 9.17) is 4.98 Å². The number of rotatable bonds is 9. The van der Waals surface area contributed by atoms with Gasteiger partial charge in [-0.15, -0.1) is 46.2 Å². The second kappa shape index (κ2) is 14.3. The van der Waals surface area contributed by atoms with Gasteiger partial charge in [-0.1, -0.05) is 110 Å². The van der Waals surface area contributed by atoms with E-state index in [0.29, 0.717) is 6.04 Å². The van der Waals surface area contributed by atoms with Crippen molar-refractivity contribution in [2.45, 2.75) is 62.3 Å².